The van der Waals surface area contributed by atoms with Crippen LogP contribution in [0.25, 0.3) is 6.08 Å². The Morgan fingerprint density at radius 2 is 1.80 bits per heavy atom. The molecule has 15 heavy (non-hydrogen) atoms. The topological polar surface area (TPSA) is 0 Å². The van der Waals surface area contributed by atoms with Crippen molar-refractivity contribution >= 4 is 6.08 Å². The van der Waals surface area contributed by atoms with E-state index in [9.17, 15) is 22.0 Å². The van der Waals surface area contributed by atoms with E-state index in [-0.39, 0.29) is 5.56 Å². The normalized spacial score (nSPS) is 12.3. The number of hydrogen-bond donors (Lipinski definition) is 0. The second-order valence-electron chi connectivity index (χ2n) is 2.89. The maximum absolute atomic E-state index is 12.9. The first-order valence-electron chi connectivity index (χ1n) is 4.07. The van der Waals surface area contributed by atoms with Crippen molar-refractivity contribution in [3.8, 4) is 0 Å². The molecule has 5 heteroatoms. The smallest absolute Gasteiger partial charge is 0.207 e. The van der Waals surface area contributed by atoms with Gasteiger partial charge in [-0.15, -0.1) is 0 Å². The Hall–Kier alpha value is -1.39. The van der Waals surface area contributed by atoms with Crippen molar-refractivity contribution in [1.82, 2.24) is 0 Å². The fourth-order valence-electron chi connectivity index (χ4n) is 0.956. The van der Waals surface area contributed by atoms with E-state index in [1.165, 1.54) is 0 Å². The van der Waals surface area contributed by atoms with Crippen LogP contribution in [0.5, 0.6) is 0 Å². The van der Waals surface area contributed by atoms with Gasteiger partial charge in [-0.25, -0.2) is 8.78 Å². The van der Waals surface area contributed by atoms with Gasteiger partial charge in [-0.1, -0.05) is 12.2 Å². The van der Waals surface area contributed by atoms with E-state index in [0.717, 1.165) is 24.3 Å². The molecule has 0 unspecified atom stereocenters. The van der Waals surface area contributed by atoms with Gasteiger partial charge in [-0.05, 0) is 12.1 Å². The van der Waals surface area contributed by atoms with E-state index < -0.39 is 24.2 Å². The average Bonchev–Trinajstić information content (AvgIpc) is 2.07. The Labute approximate surface area is 83.0 Å². The summed E-state index contributed by atoms with van der Waals surface area (Å²) in [4.78, 5) is 0. The predicted octanol–water partition coefficient (Wildman–Crippen LogP) is 3.93. The molecule has 0 fully saturated rings. The van der Waals surface area contributed by atoms with Crippen LogP contribution < -0.4 is 0 Å². The van der Waals surface area contributed by atoms with Crippen LogP contribution in [0.1, 0.15) is 12.0 Å². The van der Waals surface area contributed by atoms with E-state index in [2.05, 4.69) is 0 Å². The Bertz CT molecular complexity index is 365. The first-order valence-corrected chi connectivity index (χ1v) is 4.07. The highest BCUT2D eigenvalue weighted by atomic mass is 19.4. The van der Waals surface area contributed by atoms with Gasteiger partial charge in [0.05, 0.1) is 6.42 Å². The number of halogens is 5. The van der Waals surface area contributed by atoms with Gasteiger partial charge in [0.2, 0.25) is 0 Å². The third kappa shape index (κ3) is 4.10. The van der Waals surface area contributed by atoms with Gasteiger partial charge >= 0.3 is 6.18 Å². The molecule has 1 aromatic carbocycles. The molecule has 0 nitrogen and oxygen atoms in total. The van der Waals surface area contributed by atoms with Gasteiger partial charge in [0, 0.05) is 11.6 Å². The SMILES string of the molecule is Fc1ccc(C=CCC(F)(F)F)c(F)c1. The molecule has 0 aliphatic rings. The molecule has 0 heterocycles. The number of allylic oxidation sites excluding steroid dienone is 1. The third-order valence-electron chi connectivity index (χ3n) is 1.61. The average molecular weight is 222 g/mol. The van der Waals surface area contributed by atoms with Crippen LogP contribution in [0, 0.1) is 11.6 Å². The maximum Gasteiger partial charge on any atom is 0.392 e. The maximum atomic E-state index is 12.9. The Balaban J connectivity index is 2.73. The summed E-state index contributed by atoms with van der Waals surface area (Å²) in [5, 5.41) is 0. The van der Waals surface area contributed by atoms with E-state index in [4.69, 9.17) is 0 Å². The van der Waals surface area contributed by atoms with Gasteiger partial charge < -0.3 is 0 Å². The van der Waals surface area contributed by atoms with Crippen molar-refractivity contribution in [3.05, 3.63) is 41.5 Å². The van der Waals surface area contributed by atoms with Crippen molar-refractivity contribution < 1.29 is 22.0 Å². The molecule has 0 saturated heterocycles. The van der Waals surface area contributed by atoms with Gasteiger partial charge in [-0.3, -0.25) is 0 Å². The van der Waals surface area contributed by atoms with Crippen LogP contribution >= 0.6 is 0 Å². The zero-order valence-electron chi connectivity index (χ0n) is 7.48. The van der Waals surface area contributed by atoms with E-state index in [1.807, 2.05) is 0 Å². The highest BCUT2D eigenvalue weighted by molar-refractivity contribution is 5.49. The standard InChI is InChI=1S/C10H7F5/c11-8-4-3-7(9(12)6-8)2-1-5-10(13,14)15/h1-4,6H,5H2. The molecule has 0 spiro atoms. The molecule has 1 rings (SSSR count). The minimum atomic E-state index is -4.31. The van der Waals surface area contributed by atoms with Crippen LogP contribution in [0.15, 0.2) is 24.3 Å². The second kappa shape index (κ2) is 4.42. The largest absolute Gasteiger partial charge is 0.392 e. The molecule has 1 aromatic rings. The van der Waals surface area contributed by atoms with Gasteiger partial charge in [0.15, 0.2) is 0 Å². The van der Waals surface area contributed by atoms with Crippen LogP contribution in [0.3, 0.4) is 0 Å². The molecule has 0 aliphatic carbocycles. The monoisotopic (exact) mass is 222 g/mol. The molecule has 0 saturated carbocycles. The van der Waals surface area contributed by atoms with Crippen molar-refractivity contribution in [2.24, 2.45) is 0 Å². The van der Waals surface area contributed by atoms with Crippen LogP contribution in [-0.4, -0.2) is 6.18 Å². The first kappa shape index (κ1) is 11.7. The fourth-order valence-corrected chi connectivity index (χ4v) is 0.956. The summed E-state index contributed by atoms with van der Waals surface area (Å²) in [6.07, 6.45) is -3.69. The van der Waals surface area contributed by atoms with Crippen molar-refractivity contribution in [3.63, 3.8) is 0 Å². The van der Waals surface area contributed by atoms with Gasteiger partial charge in [0.25, 0.3) is 0 Å². The van der Waals surface area contributed by atoms with Gasteiger partial charge in [0.1, 0.15) is 11.6 Å². The van der Waals surface area contributed by atoms with E-state index in [1.54, 1.807) is 0 Å². The summed E-state index contributed by atoms with van der Waals surface area (Å²) >= 11 is 0. The lowest BCUT2D eigenvalue weighted by atomic mass is 10.2. The molecule has 0 radical (unpaired) electrons. The molecular weight excluding hydrogens is 215 g/mol. The molecule has 0 aromatic heterocycles. The van der Waals surface area contributed by atoms with Crippen LogP contribution in [0.2, 0.25) is 0 Å². The van der Waals surface area contributed by atoms with Gasteiger partial charge in [-0.2, -0.15) is 13.2 Å². The molecule has 0 aliphatic heterocycles. The highest BCUT2D eigenvalue weighted by Crippen LogP contribution is 2.21. The fraction of sp³-hybridized carbons (Fsp3) is 0.200. The van der Waals surface area contributed by atoms with Crippen LogP contribution in [0.4, 0.5) is 22.0 Å². The summed E-state index contributed by atoms with van der Waals surface area (Å²) in [5.41, 5.74) is -0.0688. The van der Waals surface area contributed by atoms with Crippen molar-refractivity contribution in [2.45, 2.75) is 12.6 Å². The molecule has 0 atom stereocenters. The third-order valence-corrected chi connectivity index (χ3v) is 1.61. The summed E-state index contributed by atoms with van der Waals surface area (Å²) in [5.74, 6) is -1.64. The Morgan fingerprint density at radius 3 is 2.33 bits per heavy atom. The van der Waals surface area contributed by atoms with Crippen molar-refractivity contribution in [1.29, 1.82) is 0 Å². The predicted molar refractivity (Wildman–Crippen MR) is 46.1 cm³/mol. The minimum Gasteiger partial charge on any atom is -0.207 e. The number of benzene rings is 1. The Kier molecular flexibility index (Phi) is 3.44. The zero-order valence-corrected chi connectivity index (χ0v) is 7.48. The number of alkyl halides is 3. The summed E-state index contributed by atoms with van der Waals surface area (Å²) in [7, 11) is 0. The first-order chi connectivity index (χ1) is 6.88. The second-order valence-corrected chi connectivity index (χ2v) is 2.89. The molecule has 82 valence electrons. The minimum absolute atomic E-state index is 0.0688. The molecule has 0 bridgehead atoms. The lowest BCUT2D eigenvalue weighted by Crippen LogP contribution is -2.03. The molecular formula is C10H7F5. The lowest BCUT2D eigenvalue weighted by Gasteiger charge is -2.01. The molecule has 0 amide bonds. The van der Waals surface area contributed by atoms with E-state index in [0.29, 0.717) is 6.07 Å². The van der Waals surface area contributed by atoms with E-state index >= 15 is 0 Å². The number of rotatable bonds is 2. The Morgan fingerprint density at radius 1 is 1.13 bits per heavy atom. The van der Waals surface area contributed by atoms with Crippen molar-refractivity contribution in [2.75, 3.05) is 0 Å². The number of hydrogen-bond acceptors (Lipinski definition) is 0. The summed E-state index contributed by atoms with van der Waals surface area (Å²) in [6.45, 7) is 0. The molecule has 0 N–H and O–H groups in total. The lowest BCUT2D eigenvalue weighted by molar-refractivity contribution is -0.124. The van der Waals surface area contributed by atoms with Crippen LogP contribution in [-0.2, 0) is 0 Å². The zero-order chi connectivity index (χ0) is 11.5. The summed E-state index contributed by atoms with van der Waals surface area (Å²) in [6, 6.07) is 2.68. The summed E-state index contributed by atoms with van der Waals surface area (Å²) < 4.78 is 60.5. The highest BCUT2D eigenvalue weighted by Gasteiger charge is 2.24. The quantitative estimate of drug-likeness (QED) is 0.665.